The third-order valence-electron chi connectivity index (χ3n) is 3.68. The second-order valence-corrected chi connectivity index (χ2v) is 6.13. The van der Waals surface area contributed by atoms with Gasteiger partial charge in [0.2, 0.25) is 0 Å². The van der Waals surface area contributed by atoms with E-state index in [1.165, 1.54) is 18.2 Å². The van der Waals surface area contributed by atoms with Gasteiger partial charge >= 0.3 is 5.97 Å². The van der Waals surface area contributed by atoms with E-state index in [4.69, 9.17) is 5.11 Å². The highest BCUT2D eigenvalue weighted by Crippen LogP contribution is 2.31. The molecule has 0 spiro atoms. The Balaban J connectivity index is 1.97. The average Bonchev–Trinajstić information content (AvgIpc) is 2.84. The van der Waals surface area contributed by atoms with Crippen molar-refractivity contribution in [3.8, 4) is 0 Å². The van der Waals surface area contributed by atoms with Gasteiger partial charge in [0.15, 0.2) is 0 Å². The van der Waals surface area contributed by atoms with Crippen molar-refractivity contribution in [2.24, 2.45) is 11.8 Å². The average molecular weight is 391 g/mol. The van der Waals surface area contributed by atoms with E-state index in [0.717, 1.165) is 12.8 Å². The Hall–Kier alpha value is -1.18. The molecule has 1 aliphatic rings. The SMILES string of the molecule is O=C(NCC1CCCC1C(=O)O)c1ccc(F)cc1I. The van der Waals surface area contributed by atoms with Crippen LogP contribution in [0.5, 0.6) is 0 Å². The molecule has 0 aliphatic heterocycles. The van der Waals surface area contributed by atoms with Crippen LogP contribution < -0.4 is 5.32 Å². The fourth-order valence-electron chi connectivity index (χ4n) is 2.60. The zero-order valence-electron chi connectivity index (χ0n) is 10.7. The molecular formula is C14H15FINO3. The molecule has 2 N–H and O–H groups in total. The first kappa shape index (κ1) is 15.2. The number of aliphatic carboxylic acids is 1. The highest BCUT2D eigenvalue weighted by molar-refractivity contribution is 14.1. The summed E-state index contributed by atoms with van der Waals surface area (Å²) in [4.78, 5) is 23.1. The molecule has 108 valence electrons. The topological polar surface area (TPSA) is 66.4 Å². The van der Waals surface area contributed by atoms with Crippen molar-refractivity contribution >= 4 is 34.5 Å². The maximum absolute atomic E-state index is 13.0. The van der Waals surface area contributed by atoms with Gasteiger partial charge in [-0.1, -0.05) is 6.42 Å². The Bertz CT molecular complexity index is 535. The third kappa shape index (κ3) is 3.47. The van der Waals surface area contributed by atoms with Crippen molar-refractivity contribution < 1.29 is 19.1 Å². The molecule has 1 amide bonds. The number of halogens is 2. The second kappa shape index (κ2) is 6.51. The van der Waals surface area contributed by atoms with Crippen molar-refractivity contribution in [1.82, 2.24) is 5.32 Å². The van der Waals surface area contributed by atoms with Crippen LogP contribution in [0.3, 0.4) is 0 Å². The summed E-state index contributed by atoms with van der Waals surface area (Å²) < 4.78 is 13.5. The molecule has 0 aromatic heterocycles. The molecule has 1 saturated carbocycles. The maximum atomic E-state index is 13.0. The maximum Gasteiger partial charge on any atom is 0.306 e. The van der Waals surface area contributed by atoms with Gasteiger partial charge in [0.05, 0.1) is 11.5 Å². The summed E-state index contributed by atoms with van der Waals surface area (Å²) in [6.45, 7) is 0.350. The molecule has 0 radical (unpaired) electrons. The molecule has 1 aromatic carbocycles. The van der Waals surface area contributed by atoms with Crippen LogP contribution in [0.15, 0.2) is 18.2 Å². The number of hydrogen-bond donors (Lipinski definition) is 2. The van der Waals surface area contributed by atoms with Gasteiger partial charge in [-0.3, -0.25) is 9.59 Å². The molecule has 6 heteroatoms. The first-order chi connectivity index (χ1) is 9.49. The van der Waals surface area contributed by atoms with E-state index < -0.39 is 5.97 Å². The Morgan fingerprint density at radius 1 is 1.40 bits per heavy atom. The van der Waals surface area contributed by atoms with E-state index >= 15 is 0 Å². The Kier molecular flexibility index (Phi) is 4.95. The van der Waals surface area contributed by atoms with Crippen LogP contribution in [-0.2, 0) is 4.79 Å². The largest absolute Gasteiger partial charge is 0.481 e. The van der Waals surface area contributed by atoms with Crippen LogP contribution >= 0.6 is 22.6 Å². The van der Waals surface area contributed by atoms with Gasteiger partial charge in [-0.05, 0) is 59.5 Å². The van der Waals surface area contributed by atoms with Gasteiger partial charge in [0.1, 0.15) is 5.82 Å². The minimum absolute atomic E-state index is 0.0189. The predicted octanol–water partition coefficient (Wildman–Crippen LogP) is 2.66. The lowest BCUT2D eigenvalue weighted by Crippen LogP contribution is -2.33. The molecule has 0 heterocycles. The fourth-order valence-corrected chi connectivity index (χ4v) is 3.32. The Morgan fingerprint density at radius 2 is 2.15 bits per heavy atom. The number of carbonyl (C=O) groups is 2. The summed E-state index contributed by atoms with van der Waals surface area (Å²) in [5, 5.41) is 11.8. The number of nitrogens with one attached hydrogen (secondary N) is 1. The van der Waals surface area contributed by atoms with E-state index in [9.17, 15) is 14.0 Å². The van der Waals surface area contributed by atoms with Gasteiger partial charge in [-0.2, -0.15) is 0 Å². The van der Waals surface area contributed by atoms with Gasteiger partial charge in [-0.15, -0.1) is 0 Å². The van der Waals surface area contributed by atoms with Crippen LogP contribution in [0.1, 0.15) is 29.6 Å². The summed E-state index contributed by atoms with van der Waals surface area (Å²) >= 11 is 1.91. The quantitative estimate of drug-likeness (QED) is 0.776. The predicted molar refractivity (Wildman–Crippen MR) is 79.9 cm³/mol. The molecule has 2 atom stereocenters. The molecule has 4 nitrogen and oxygen atoms in total. The van der Waals surface area contributed by atoms with Crippen molar-refractivity contribution in [2.45, 2.75) is 19.3 Å². The van der Waals surface area contributed by atoms with Gasteiger partial charge in [0, 0.05) is 10.1 Å². The number of carboxylic acid groups (broad SMARTS) is 1. The van der Waals surface area contributed by atoms with Gasteiger partial charge < -0.3 is 10.4 Å². The molecule has 2 unspecified atom stereocenters. The van der Waals surface area contributed by atoms with E-state index in [2.05, 4.69) is 5.32 Å². The van der Waals surface area contributed by atoms with E-state index in [1.54, 1.807) is 0 Å². The number of rotatable bonds is 4. The normalized spacial score (nSPS) is 21.7. The molecule has 2 rings (SSSR count). The smallest absolute Gasteiger partial charge is 0.306 e. The van der Waals surface area contributed by atoms with Gasteiger partial charge in [0.25, 0.3) is 5.91 Å². The molecular weight excluding hydrogens is 376 g/mol. The highest BCUT2D eigenvalue weighted by Gasteiger charge is 2.32. The number of benzene rings is 1. The zero-order chi connectivity index (χ0) is 14.7. The van der Waals surface area contributed by atoms with Crippen molar-refractivity contribution in [3.05, 3.63) is 33.1 Å². The lowest BCUT2D eigenvalue weighted by Gasteiger charge is -2.16. The lowest BCUT2D eigenvalue weighted by atomic mass is 9.96. The number of amides is 1. The van der Waals surface area contributed by atoms with Crippen LogP contribution in [0.2, 0.25) is 0 Å². The van der Waals surface area contributed by atoms with Crippen LogP contribution in [0.25, 0.3) is 0 Å². The molecule has 20 heavy (non-hydrogen) atoms. The summed E-state index contributed by atoms with van der Waals surface area (Å²) in [6.07, 6.45) is 2.37. The summed E-state index contributed by atoms with van der Waals surface area (Å²) in [5.74, 6) is -1.85. The summed E-state index contributed by atoms with van der Waals surface area (Å²) in [5.41, 5.74) is 0.414. The number of carbonyl (C=O) groups excluding carboxylic acids is 1. The first-order valence-electron chi connectivity index (χ1n) is 6.45. The number of carboxylic acids is 1. The zero-order valence-corrected chi connectivity index (χ0v) is 12.9. The van der Waals surface area contributed by atoms with Crippen molar-refractivity contribution in [3.63, 3.8) is 0 Å². The highest BCUT2D eigenvalue weighted by atomic mass is 127. The van der Waals surface area contributed by atoms with E-state index in [0.29, 0.717) is 22.1 Å². The Labute approximate surface area is 129 Å². The monoisotopic (exact) mass is 391 g/mol. The molecule has 0 saturated heterocycles. The third-order valence-corrected chi connectivity index (χ3v) is 4.57. The first-order valence-corrected chi connectivity index (χ1v) is 7.53. The molecule has 1 fully saturated rings. The standard InChI is InChI=1S/C14H15FINO3/c15-9-4-5-11(12(16)6-9)13(18)17-7-8-2-1-3-10(8)14(19)20/h4-6,8,10H,1-3,7H2,(H,17,18)(H,19,20). The minimum atomic E-state index is -0.793. The van der Waals surface area contributed by atoms with E-state index in [1.807, 2.05) is 22.6 Å². The summed E-state index contributed by atoms with van der Waals surface area (Å²) in [7, 11) is 0. The molecule has 1 aliphatic carbocycles. The minimum Gasteiger partial charge on any atom is -0.481 e. The van der Waals surface area contributed by atoms with Gasteiger partial charge in [-0.25, -0.2) is 4.39 Å². The van der Waals surface area contributed by atoms with Crippen molar-refractivity contribution in [1.29, 1.82) is 0 Å². The molecule has 1 aromatic rings. The molecule has 0 bridgehead atoms. The fraction of sp³-hybridized carbons (Fsp3) is 0.429. The van der Waals surface area contributed by atoms with Crippen LogP contribution in [0, 0.1) is 21.2 Å². The van der Waals surface area contributed by atoms with Crippen LogP contribution in [0.4, 0.5) is 4.39 Å². The van der Waals surface area contributed by atoms with Crippen LogP contribution in [-0.4, -0.2) is 23.5 Å². The number of hydrogen-bond acceptors (Lipinski definition) is 2. The van der Waals surface area contributed by atoms with E-state index in [-0.39, 0.29) is 23.6 Å². The Morgan fingerprint density at radius 3 is 2.80 bits per heavy atom. The second-order valence-electron chi connectivity index (χ2n) is 4.97. The lowest BCUT2D eigenvalue weighted by molar-refractivity contribution is -0.142. The van der Waals surface area contributed by atoms with Crippen molar-refractivity contribution in [2.75, 3.05) is 6.54 Å². The summed E-state index contributed by atoms with van der Waals surface area (Å²) in [6, 6.07) is 3.98.